The highest BCUT2D eigenvalue weighted by atomic mass is 16.5. The summed E-state index contributed by atoms with van der Waals surface area (Å²) in [5.41, 5.74) is 14.5. The van der Waals surface area contributed by atoms with Gasteiger partial charge in [0.05, 0.1) is 11.1 Å². The molecule has 0 unspecified atom stereocenters. The van der Waals surface area contributed by atoms with Crippen LogP contribution >= 0.6 is 0 Å². The number of allylic oxidation sites excluding steroid dienone is 1. The summed E-state index contributed by atoms with van der Waals surface area (Å²) < 4.78 is 11.8. The number of nitrogen functional groups attached to an aromatic ring is 2. The Morgan fingerprint density at radius 2 is 0.904 bits per heavy atom. The zero-order valence-electron chi connectivity index (χ0n) is 43.6. The van der Waals surface area contributed by atoms with Crippen molar-refractivity contribution in [3.05, 3.63) is 143 Å². The first-order valence-corrected chi connectivity index (χ1v) is 27.4. The first-order chi connectivity index (χ1) is 35.2. The molecule has 4 aromatic carbocycles. The maximum atomic E-state index is 14.3. The number of unbranched alkanes of at least 4 members (excludes halogenated alkanes) is 8. The Hall–Kier alpha value is -5.84. The van der Waals surface area contributed by atoms with Gasteiger partial charge in [-0.05, 0) is 159 Å². The Labute approximate surface area is 435 Å². The van der Waals surface area contributed by atoms with Crippen LogP contribution in [-0.4, -0.2) is 51.7 Å². The summed E-state index contributed by atoms with van der Waals surface area (Å²) in [4.78, 5) is 54.8. The smallest absolute Gasteiger partial charge is 0.338 e. The first kappa shape index (κ1) is 56.5. The van der Waals surface area contributed by atoms with Gasteiger partial charge < -0.3 is 31.2 Å². The second kappa shape index (κ2) is 28.6. The molecule has 4 aromatic rings. The Kier molecular flexibility index (Phi) is 22.1. The molecule has 0 atom stereocenters. The summed E-state index contributed by atoms with van der Waals surface area (Å²) in [5.74, 6) is -3.90. The zero-order valence-corrected chi connectivity index (χ0v) is 43.6. The molecule has 0 heterocycles. The lowest BCUT2D eigenvalue weighted by atomic mass is 9.65. The number of hydrogen-bond donors (Lipinski definition) is 4. The maximum absolute atomic E-state index is 14.3. The van der Waals surface area contributed by atoms with E-state index in [-0.39, 0.29) is 31.0 Å². The van der Waals surface area contributed by atoms with Gasteiger partial charge in [-0.25, -0.2) is 9.59 Å². The van der Waals surface area contributed by atoms with Gasteiger partial charge in [0, 0.05) is 23.2 Å². The molecule has 0 radical (unpaired) electrons. The first-order valence-electron chi connectivity index (χ1n) is 27.4. The molecule has 0 aliphatic heterocycles. The number of carbonyl (C=O) groups is 4. The molecule has 392 valence electrons. The summed E-state index contributed by atoms with van der Waals surface area (Å²) >= 11 is 0. The molecular weight excluding hydrogens is 913 g/mol. The van der Waals surface area contributed by atoms with Gasteiger partial charge in [0.15, 0.2) is 5.78 Å². The van der Waals surface area contributed by atoms with Crippen molar-refractivity contribution in [3.8, 4) is 0 Å². The molecule has 2 aliphatic rings. The van der Waals surface area contributed by atoms with Crippen molar-refractivity contribution < 1.29 is 38.9 Å². The number of nitrogens with two attached hydrogens (primary N) is 2. The third kappa shape index (κ3) is 17.7. The van der Waals surface area contributed by atoms with Crippen LogP contribution in [0, 0.1) is 17.3 Å². The second-order valence-electron chi connectivity index (χ2n) is 21.2. The van der Waals surface area contributed by atoms with E-state index in [1.807, 2.05) is 0 Å². The molecule has 6 rings (SSSR count). The van der Waals surface area contributed by atoms with E-state index in [0.717, 1.165) is 57.4 Å². The fraction of sp³-hybridized carbons (Fsp3) is 0.492. The molecule has 2 aliphatic carbocycles. The van der Waals surface area contributed by atoms with Crippen molar-refractivity contribution >= 4 is 47.0 Å². The fourth-order valence-corrected chi connectivity index (χ4v) is 10.8. The lowest BCUT2D eigenvalue weighted by Gasteiger charge is -2.42. The molecule has 10 heteroatoms. The molecule has 0 saturated heterocycles. The van der Waals surface area contributed by atoms with Gasteiger partial charge in [-0.1, -0.05) is 152 Å². The molecular formula is C63H82N2O8. The molecule has 73 heavy (non-hydrogen) atoms. The summed E-state index contributed by atoms with van der Waals surface area (Å²) in [6, 6.07) is 27.2. The predicted octanol–water partition coefficient (Wildman–Crippen LogP) is 13.4. The number of esters is 2. The van der Waals surface area contributed by atoms with E-state index in [9.17, 15) is 29.4 Å². The molecule has 0 aromatic heterocycles. The standard InChI is InChI=1S/C63H82N2O8/c1-3-5-7-9-11-13-46-24-38-57(39-25-46)72-60(68)52-29-15-48(16-30-52)23-37-56(66)45-62(43-50-19-33-54(64)34-20-50,44-51-21-35-55(65)36-22-51)63(70,71)59(67)42-28-49-17-31-53(32-18-49)61(69)73-58-40-26-47(27-41-58)14-12-10-8-6-4-2/h15-23,28-37,42,46-47,57-58,70-71H,3-14,24-27,38-41,43-45,64-65H2,1-2H3. The Morgan fingerprint density at radius 1 is 0.521 bits per heavy atom. The molecule has 10 nitrogen and oxygen atoms in total. The van der Waals surface area contributed by atoms with Gasteiger partial charge in [-0.3, -0.25) is 9.59 Å². The van der Waals surface area contributed by atoms with E-state index in [0.29, 0.717) is 56.6 Å². The Balaban J connectivity index is 1.12. The highest BCUT2D eigenvalue weighted by Gasteiger charge is 2.54. The minimum absolute atomic E-state index is 0.0845. The number of hydrogen-bond acceptors (Lipinski definition) is 10. The van der Waals surface area contributed by atoms with Crippen molar-refractivity contribution in [1.82, 2.24) is 0 Å². The minimum Gasteiger partial charge on any atom is -0.459 e. The molecule has 2 fully saturated rings. The van der Waals surface area contributed by atoms with Gasteiger partial charge in [0.1, 0.15) is 12.2 Å². The van der Waals surface area contributed by atoms with Crippen LogP contribution in [0.2, 0.25) is 0 Å². The van der Waals surface area contributed by atoms with Crippen LogP contribution in [0.5, 0.6) is 0 Å². The fourth-order valence-electron chi connectivity index (χ4n) is 10.8. The van der Waals surface area contributed by atoms with Crippen molar-refractivity contribution in [1.29, 1.82) is 0 Å². The average Bonchev–Trinajstić information content (AvgIpc) is 3.39. The van der Waals surface area contributed by atoms with Crippen LogP contribution in [-0.2, 0) is 31.9 Å². The largest absolute Gasteiger partial charge is 0.459 e. The van der Waals surface area contributed by atoms with Crippen LogP contribution in [0.3, 0.4) is 0 Å². The van der Waals surface area contributed by atoms with E-state index >= 15 is 0 Å². The highest BCUT2D eigenvalue weighted by Crippen LogP contribution is 2.43. The van der Waals surface area contributed by atoms with Crippen molar-refractivity contribution in [2.75, 3.05) is 11.5 Å². The Bertz CT molecular complexity index is 2340. The predicted molar refractivity (Wildman–Crippen MR) is 293 cm³/mol. The third-order valence-corrected chi connectivity index (χ3v) is 15.4. The van der Waals surface area contributed by atoms with Crippen LogP contribution in [0.15, 0.2) is 109 Å². The molecule has 0 bridgehead atoms. The van der Waals surface area contributed by atoms with Crippen molar-refractivity contribution in [3.63, 3.8) is 0 Å². The summed E-state index contributed by atoms with van der Waals surface area (Å²) in [7, 11) is 0. The normalized spacial score (nSPS) is 18.5. The lowest BCUT2D eigenvalue weighted by Crippen LogP contribution is -2.57. The average molecular weight is 995 g/mol. The number of ketones is 2. The van der Waals surface area contributed by atoms with Crippen molar-refractivity contribution in [2.24, 2.45) is 17.3 Å². The molecule has 0 spiro atoms. The second-order valence-corrected chi connectivity index (χ2v) is 21.2. The van der Waals surface area contributed by atoms with Gasteiger partial charge in [-0.2, -0.15) is 0 Å². The third-order valence-electron chi connectivity index (χ3n) is 15.4. The van der Waals surface area contributed by atoms with Crippen LogP contribution in [0.1, 0.15) is 192 Å². The highest BCUT2D eigenvalue weighted by molar-refractivity contribution is 6.01. The van der Waals surface area contributed by atoms with E-state index in [4.69, 9.17) is 20.9 Å². The van der Waals surface area contributed by atoms with E-state index in [2.05, 4.69) is 13.8 Å². The number of benzene rings is 4. The van der Waals surface area contributed by atoms with Crippen LogP contribution in [0.25, 0.3) is 12.2 Å². The minimum atomic E-state index is -3.07. The van der Waals surface area contributed by atoms with Crippen molar-refractivity contribution in [2.45, 2.75) is 180 Å². The summed E-state index contributed by atoms with van der Waals surface area (Å²) in [5, 5.41) is 24.6. The van der Waals surface area contributed by atoms with Gasteiger partial charge in [0.25, 0.3) is 0 Å². The van der Waals surface area contributed by atoms with Crippen LogP contribution < -0.4 is 11.5 Å². The lowest BCUT2D eigenvalue weighted by molar-refractivity contribution is -0.230. The monoisotopic (exact) mass is 995 g/mol. The molecule has 0 amide bonds. The Morgan fingerprint density at radius 3 is 1.30 bits per heavy atom. The zero-order chi connectivity index (χ0) is 52.1. The van der Waals surface area contributed by atoms with Gasteiger partial charge in [0.2, 0.25) is 11.6 Å². The number of anilines is 2. The van der Waals surface area contributed by atoms with Gasteiger partial charge in [-0.15, -0.1) is 0 Å². The summed E-state index contributed by atoms with van der Waals surface area (Å²) in [6.45, 7) is 4.47. The van der Waals surface area contributed by atoms with Crippen LogP contribution in [0.4, 0.5) is 11.4 Å². The van der Waals surface area contributed by atoms with E-state index in [1.165, 1.54) is 89.2 Å². The number of ether oxygens (including phenoxy) is 2. The topological polar surface area (TPSA) is 179 Å². The molecule has 6 N–H and O–H groups in total. The summed E-state index contributed by atoms with van der Waals surface area (Å²) in [6.07, 6.45) is 27.9. The maximum Gasteiger partial charge on any atom is 0.338 e. The van der Waals surface area contributed by atoms with E-state index < -0.39 is 35.2 Å². The quantitative estimate of drug-likeness (QED) is 0.0141. The van der Waals surface area contributed by atoms with Gasteiger partial charge >= 0.3 is 11.9 Å². The SMILES string of the molecule is CCCCCCCC1CCC(OC(=O)c2ccc(C=CC(=O)CC(Cc3ccc(N)cc3)(Cc3ccc(N)cc3)C(O)(O)C(=O)C=Cc3ccc(C(=O)OC4CCC(CCCCCCC)CC4)cc3)cc2)CC1. The van der Waals surface area contributed by atoms with E-state index in [1.54, 1.807) is 103 Å². The number of rotatable bonds is 28. The number of aliphatic hydroxyl groups is 2. The number of carbonyl (C=O) groups excluding carboxylic acids is 4. The molecule has 2 saturated carbocycles.